The molecule has 1 atom stereocenters. The number of anilines is 1. The highest BCUT2D eigenvalue weighted by atomic mass is 32.2. The molecule has 0 amide bonds. The number of rotatable bonds is 5. The van der Waals surface area contributed by atoms with Crippen LogP contribution in [0.15, 0.2) is 30.3 Å². The van der Waals surface area contributed by atoms with E-state index in [2.05, 4.69) is 0 Å². The van der Waals surface area contributed by atoms with Gasteiger partial charge in [0, 0.05) is 11.6 Å². The van der Waals surface area contributed by atoms with Crippen LogP contribution in [-0.2, 0) is 21.2 Å². The van der Waals surface area contributed by atoms with Gasteiger partial charge in [-0.15, -0.1) is 0 Å². The van der Waals surface area contributed by atoms with Crippen LogP contribution in [0.3, 0.4) is 0 Å². The van der Waals surface area contributed by atoms with Crippen molar-refractivity contribution in [3.63, 3.8) is 0 Å². The molecule has 6 nitrogen and oxygen atoms in total. The molecule has 0 aliphatic carbocycles. The van der Waals surface area contributed by atoms with Gasteiger partial charge in [-0.25, -0.2) is 13.2 Å². The van der Waals surface area contributed by atoms with Crippen LogP contribution in [0.1, 0.15) is 49.9 Å². The Morgan fingerprint density at radius 1 is 1.07 bits per heavy atom. The van der Waals surface area contributed by atoms with Crippen LogP contribution in [0.2, 0.25) is 0 Å². The van der Waals surface area contributed by atoms with Crippen LogP contribution >= 0.6 is 0 Å². The second-order valence-electron chi connectivity index (χ2n) is 7.71. The van der Waals surface area contributed by atoms with Gasteiger partial charge in [0.2, 0.25) is 15.8 Å². The van der Waals surface area contributed by atoms with E-state index in [1.807, 2.05) is 39.8 Å². The predicted octanol–water partition coefficient (Wildman–Crippen LogP) is 3.36. The summed E-state index contributed by atoms with van der Waals surface area (Å²) in [5.74, 6) is -0.856. The van der Waals surface area contributed by atoms with Crippen LogP contribution in [0.5, 0.6) is 0 Å². The van der Waals surface area contributed by atoms with Crippen molar-refractivity contribution in [3.8, 4) is 0 Å². The number of fused-ring (bicyclic) bond motifs is 1. The van der Waals surface area contributed by atoms with E-state index in [-0.39, 0.29) is 18.4 Å². The number of aryl methyl sites for hydroxylation is 3. The number of carbonyl (C=O) groups excluding carboxylic acids is 2. The Hall–Kier alpha value is -2.67. The Morgan fingerprint density at radius 3 is 2.38 bits per heavy atom. The second kappa shape index (κ2) is 7.63. The first-order valence-corrected chi connectivity index (χ1v) is 11.2. The van der Waals surface area contributed by atoms with Crippen molar-refractivity contribution in [2.45, 2.75) is 40.2 Å². The van der Waals surface area contributed by atoms with E-state index in [0.29, 0.717) is 23.2 Å². The fourth-order valence-corrected chi connectivity index (χ4v) is 5.05. The molecule has 0 fully saturated rings. The van der Waals surface area contributed by atoms with Gasteiger partial charge >= 0.3 is 5.97 Å². The number of hydrogen-bond acceptors (Lipinski definition) is 5. The lowest BCUT2D eigenvalue weighted by Crippen LogP contribution is -2.34. The van der Waals surface area contributed by atoms with Gasteiger partial charge in [0.25, 0.3) is 0 Å². The number of sulfonamides is 1. The minimum Gasteiger partial charge on any atom is -0.454 e. The third-order valence-corrected chi connectivity index (χ3v) is 6.57. The minimum atomic E-state index is -3.39. The Kier molecular flexibility index (Phi) is 5.54. The zero-order chi connectivity index (χ0) is 21.5. The largest absolute Gasteiger partial charge is 0.454 e. The maximum absolute atomic E-state index is 12.5. The number of nitrogens with zero attached hydrogens (tertiary/aromatic N) is 1. The van der Waals surface area contributed by atoms with Gasteiger partial charge in [-0.2, -0.15) is 0 Å². The van der Waals surface area contributed by atoms with Crippen molar-refractivity contribution in [1.29, 1.82) is 0 Å². The highest BCUT2D eigenvalue weighted by Crippen LogP contribution is 2.34. The summed E-state index contributed by atoms with van der Waals surface area (Å²) >= 11 is 0. The summed E-state index contributed by atoms with van der Waals surface area (Å²) in [6.45, 7) is 7.25. The molecule has 1 aliphatic heterocycles. The molecule has 0 spiro atoms. The van der Waals surface area contributed by atoms with Crippen LogP contribution < -0.4 is 4.31 Å². The van der Waals surface area contributed by atoms with E-state index in [9.17, 15) is 18.0 Å². The van der Waals surface area contributed by atoms with Crippen LogP contribution in [0, 0.1) is 20.8 Å². The fraction of sp³-hybridized carbons (Fsp3) is 0.364. The highest BCUT2D eigenvalue weighted by molar-refractivity contribution is 7.92. The summed E-state index contributed by atoms with van der Waals surface area (Å²) in [6, 6.07) is 8.34. The number of esters is 1. The molecule has 2 aromatic carbocycles. The number of ether oxygens (including phenoxy) is 1. The molecule has 154 valence electrons. The van der Waals surface area contributed by atoms with Crippen molar-refractivity contribution in [2.24, 2.45) is 0 Å². The maximum atomic E-state index is 12.5. The van der Waals surface area contributed by atoms with E-state index in [4.69, 9.17) is 4.74 Å². The Labute approximate surface area is 171 Å². The Morgan fingerprint density at radius 2 is 1.72 bits per heavy atom. The normalized spacial score (nSPS) is 15.9. The molecule has 0 bridgehead atoms. The van der Waals surface area contributed by atoms with Gasteiger partial charge in [-0.1, -0.05) is 6.07 Å². The maximum Gasteiger partial charge on any atom is 0.338 e. The van der Waals surface area contributed by atoms with E-state index < -0.39 is 16.0 Å². The quantitative estimate of drug-likeness (QED) is 0.553. The molecule has 29 heavy (non-hydrogen) atoms. The summed E-state index contributed by atoms with van der Waals surface area (Å²) in [7, 11) is -3.39. The van der Waals surface area contributed by atoms with E-state index >= 15 is 0 Å². The van der Waals surface area contributed by atoms with Crippen molar-refractivity contribution in [3.05, 3.63) is 63.7 Å². The lowest BCUT2D eigenvalue weighted by Gasteiger charge is -2.21. The molecule has 0 aromatic heterocycles. The number of hydrogen-bond donors (Lipinski definition) is 0. The molecule has 0 saturated heterocycles. The average Bonchev–Trinajstić information content (AvgIpc) is 2.97. The monoisotopic (exact) mass is 415 g/mol. The Balaban J connectivity index is 1.74. The van der Waals surface area contributed by atoms with Gasteiger partial charge in [0.05, 0.1) is 17.5 Å². The third kappa shape index (κ3) is 4.19. The second-order valence-corrected chi connectivity index (χ2v) is 9.57. The van der Waals surface area contributed by atoms with Crippen molar-refractivity contribution >= 4 is 27.5 Å². The van der Waals surface area contributed by atoms with Crippen LogP contribution in [-0.4, -0.2) is 39.1 Å². The lowest BCUT2D eigenvalue weighted by atomic mass is 9.98. The first kappa shape index (κ1) is 21.0. The fourth-order valence-electron chi connectivity index (χ4n) is 3.79. The molecule has 0 saturated carbocycles. The van der Waals surface area contributed by atoms with Crippen molar-refractivity contribution in [2.75, 3.05) is 17.2 Å². The molecular formula is C22H25NO5S. The third-order valence-electron chi connectivity index (χ3n) is 5.30. The zero-order valence-electron chi connectivity index (χ0n) is 17.3. The molecule has 0 radical (unpaired) electrons. The van der Waals surface area contributed by atoms with Crippen LogP contribution in [0.4, 0.5) is 5.69 Å². The number of Topliss-reactive ketones (excluding diaryl/α,β-unsaturated/α-hetero) is 1. The first-order chi connectivity index (χ1) is 13.5. The molecule has 1 heterocycles. The molecule has 0 unspecified atom stereocenters. The number of ketones is 1. The number of carbonyl (C=O) groups is 2. The molecule has 3 rings (SSSR count). The SMILES string of the molecule is Cc1cc(C)c(C(=O)COC(=O)c2ccc3c(c2)C[C@@H](C)N3S(C)(=O)=O)cc1C. The zero-order valence-corrected chi connectivity index (χ0v) is 18.1. The van der Waals surface area contributed by atoms with Gasteiger partial charge in [0.15, 0.2) is 6.61 Å². The highest BCUT2D eigenvalue weighted by Gasteiger charge is 2.33. The van der Waals surface area contributed by atoms with E-state index in [0.717, 1.165) is 22.3 Å². The first-order valence-electron chi connectivity index (χ1n) is 9.39. The standard InChI is InChI=1S/C22H25NO5S/c1-13-8-15(3)19(9-14(13)2)21(24)12-28-22(25)17-6-7-20-18(11-17)10-16(4)23(20)29(5,26)27/h6-9,11,16H,10,12H2,1-5H3/t16-/m1/s1. The lowest BCUT2D eigenvalue weighted by molar-refractivity contribution is 0.0474. The summed E-state index contributed by atoms with van der Waals surface area (Å²) in [4.78, 5) is 24.9. The summed E-state index contributed by atoms with van der Waals surface area (Å²) in [5.41, 5.74) is 5.16. The van der Waals surface area contributed by atoms with Gasteiger partial charge in [0.1, 0.15) is 0 Å². The van der Waals surface area contributed by atoms with Crippen LogP contribution in [0.25, 0.3) is 0 Å². The predicted molar refractivity (Wildman–Crippen MR) is 112 cm³/mol. The number of benzene rings is 2. The molecule has 7 heteroatoms. The van der Waals surface area contributed by atoms with Gasteiger partial charge < -0.3 is 4.74 Å². The molecule has 0 N–H and O–H groups in total. The summed E-state index contributed by atoms with van der Waals surface area (Å²) in [6.07, 6.45) is 1.69. The van der Waals surface area contributed by atoms with E-state index in [1.165, 1.54) is 16.6 Å². The average molecular weight is 416 g/mol. The van der Waals surface area contributed by atoms with Gasteiger partial charge in [-0.3, -0.25) is 9.10 Å². The Bertz CT molecular complexity index is 1100. The van der Waals surface area contributed by atoms with Crippen molar-refractivity contribution in [1.82, 2.24) is 0 Å². The minimum absolute atomic E-state index is 0.208. The topological polar surface area (TPSA) is 80.8 Å². The smallest absolute Gasteiger partial charge is 0.338 e. The molecular weight excluding hydrogens is 390 g/mol. The summed E-state index contributed by atoms with van der Waals surface area (Å²) in [5, 5.41) is 0. The van der Waals surface area contributed by atoms with Crippen molar-refractivity contribution < 1.29 is 22.7 Å². The van der Waals surface area contributed by atoms with E-state index in [1.54, 1.807) is 12.1 Å². The van der Waals surface area contributed by atoms with Gasteiger partial charge in [-0.05, 0) is 80.6 Å². The molecule has 2 aromatic rings. The summed E-state index contributed by atoms with van der Waals surface area (Å²) < 4.78 is 30.6. The molecule has 1 aliphatic rings.